The number of hydrogen-bond donors (Lipinski definition) is 1. The number of rotatable bonds is 4. The lowest BCUT2D eigenvalue weighted by molar-refractivity contribution is 1.10. The first kappa shape index (κ1) is 14.5. The van der Waals surface area contributed by atoms with Crippen LogP contribution in [0.25, 0.3) is 11.3 Å². The average molecular weight is 311 g/mol. The van der Waals surface area contributed by atoms with E-state index in [1.54, 1.807) is 18.6 Å². The molecule has 0 aliphatic heterocycles. The lowest BCUT2D eigenvalue weighted by atomic mass is 10.1. The second-order valence-electron chi connectivity index (χ2n) is 4.86. The summed E-state index contributed by atoms with van der Waals surface area (Å²) in [5.74, 6) is 0.668. The first-order chi connectivity index (χ1) is 10.7. The summed E-state index contributed by atoms with van der Waals surface area (Å²) in [4.78, 5) is 13.1. The highest BCUT2D eigenvalue weighted by Crippen LogP contribution is 2.21. The van der Waals surface area contributed by atoms with Crippen molar-refractivity contribution in [2.24, 2.45) is 0 Å². The molecule has 1 N–H and O–H groups in total. The van der Waals surface area contributed by atoms with Gasteiger partial charge in [0.2, 0.25) is 0 Å². The summed E-state index contributed by atoms with van der Waals surface area (Å²) in [6.07, 6.45) is 8.02. The summed E-state index contributed by atoms with van der Waals surface area (Å²) in [7, 11) is 0. The molecule has 0 fully saturated rings. The van der Waals surface area contributed by atoms with E-state index in [9.17, 15) is 0 Å². The van der Waals surface area contributed by atoms with Crippen LogP contribution in [-0.2, 0) is 6.42 Å². The second kappa shape index (κ2) is 6.54. The van der Waals surface area contributed by atoms with Gasteiger partial charge in [-0.1, -0.05) is 24.6 Å². The van der Waals surface area contributed by atoms with Crippen molar-refractivity contribution < 1.29 is 0 Å². The van der Waals surface area contributed by atoms with Gasteiger partial charge in [-0.3, -0.25) is 9.97 Å². The fourth-order valence-electron chi connectivity index (χ4n) is 2.10. The number of halogens is 1. The topological polar surface area (TPSA) is 50.7 Å². The minimum absolute atomic E-state index is 0.668. The van der Waals surface area contributed by atoms with Crippen LogP contribution in [0.15, 0.2) is 55.1 Å². The van der Waals surface area contributed by atoms with Gasteiger partial charge in [0, 0.05) is 28.7 Å². The van der Waals surface area contributed by atoms with E-state index in [1.807, 2.05) is 30.5 Å². The zero-order valence-electron chi connectivity index (χ0n) is 12.1. The molecule has 0 atom stereocenters. The number of nitrogens with zero attached hydrogens (tertiary/aromatic N) is 3. The molecule has 110 valence electrons. The molecular weight excluding hydrogens is 296 g/mol. The van der Waals surface area contributed by atoms with Crippen molar-refractivity contribution >= 4 is 23.1 Å². The van der Waals surface area contributed by atoms with Crippen molar-refractivity contribution in [3.05, 3.63) is 65.7 Å². The molecule has 4 nitrogen and oxygen atoms in total. The fraction of sp³-hybridized carbons (Fsp3) is 0.118. The zero-order chi connectivity index (χ0) is 15.4. The van der Waals surface area contributed by atoms with Gasteiger partial charge in [0.1, 0.15) is 5.82 Å². The molecule has 0 amide bonds. The van der Waals surface area contributed by atoms with Crippen LogP contribution in [0.3, 0.4) is 0 Å². The number of nitrogens with one attached hydrogen (secondary N) is 1. The van der Waals surface area contributed by atoms with Gasteiger partial charge in [-0.15, -0.1) is 0 Å². The van der Waals surface area contributed by atoms with Gasteiger partial charge in [0.15, 0.2) is 0 Å². The Morgan fingerprint density at radius 1 is 1.05 bits per heavy atom. The molecule has 0 bridgehead atoms. The molecule has 5 heteroatoms. The summed E-state index contributed by atoms with van der Waals surface area (Å²) >= 11 is 5.99. The number of benzene rings is 1. The van der Waals surface area contributed by atoms with E-state index in [4.69, 9.17) is 11.6 Å². The quantitative estimate of drug-likeness (QED) is 0.771. The van der Waals surface area contributed by atoms with E-state index < -0.39 is 0 Å². The Balaban J connectivity index is 1.89. The number of hydrogen-bond acceptors (Lipinski definition) is 4. The maximum absolute atomic E-state index is 5.99. The molecule has 0 saturated heterocycles. The smallest absolute Gasteiger partial charge is 0.149 e. The number of anilines is 2. The van der Waals surface area contributed by atoms with Gasteiger partial charge in [0.25, 0.3) is 0 Å². The van der Waals surface area contributed by atoms with Crippen LogP contribution in [0, 0.1) is 0 Å². The van der Waals surface area contributed by atoms with Crippen LogP contribution in [0.1, 0.15) is 12.5 Å². The molecular formula is C17H15ClN4. The summed E-state index contributed by atoms with van der Waals surface area (Å²) in [5.41, 5.74) is 3.79. The van der Waals surface area contributed by atoms with E-state index in [2.05, 4.69) is 33.3 Å². The zero-order valence-corrected chi connectivity index (χ0v) is 12.9. The Morgan fingerprint density at radius 3 is 2.73 bits per heavy atom. The van der Waals surface area contributed by atoms with Crippen LogP contribution >= 0.6 is 11.6 Å². The van der Waals surface area contributed by atoms with Gasteiger partial charge < -0.3 is 5.32 Å². The molecule has 0 spiro atoms. The number of aryl methyl sites for hydroxylation is 1. The van der Waals surface area contributed by atoms with Crippen molar-refractivity contribution in [3.63, 3.8) is 0 Å². The molecule has 3 aromatic rings. The molecule has 3 rings (SSSR count). The summed E-state index contributed by atoms with van der Waals surface area (Å²) in [6.45, 7) is 2.10. The summed E-state index contributed by atoms with van der Waals surface area (Å²) in [5, 5.41) is 3.88. The Labute approximate surface area is 134 Å². The molecule has 0 aliphatic carbocycles. The molecule has 1 aromatic carbocycles. The van der Waals surface area contributed by atoms with Gasteiger partial charge in [0.05, 0.1) is 18.1 Å². The van der Waals surface area contributed by atoms with Crippen molar-refractivity contribution in [3.8, 4) is 11.3 Å². The van der Waals surface area contributed by atoms with Gasteiger partial charge in [-0.2, -0.15) is 0 Å². The lowest BCUT2D eigenvalue weighted by Gasteiger charge is -2.08. The van der Waals surface area contributed by atoms with Crippen LogP contribution in [0.4, 0.5) is 11.5 Å². The maximum atomic E-state index is 5.99. The van der Waals surface area contributed by atoms with Crippen molar-refractivity contribution in [2.75, 3.05) is 5.32 Å². The summed E-state index contributed by atoms with van der Waals surface area (Å²) in [6, 6.07) is 9.57. The SMILES string of the molecule is CCc1cncc(-c2cncc(Nc3cccc(Cl)c3)n2)c1. The Bertz CT molecular complexity index is 789. The Morgan fingerprint density at radius 2 is 1.91 bits per heavy atom. The Kier molecular flexibility index (Phi) is 4.30. The van der Waals surface area contributed by atoms with Crippen molar-refractivity contribution in [1.29, 1.82) is 0 Å². The third kappa shape index (κ3) is 3.40. The number of pyridine rings is 1. The van der Waals surface area contributed by atoms with E-state index in [0.29, 0.717) is 10.8 Å². The highest BCUT2D eigenvalue weighted by atomic mass is 35.5. The predicted molar refractivity (Wildman–Crippen MR) is 89.4 cm³/mol. The van der Waals surface area contributed by atoms with Crippen molar-refractivity contribution in [2.45, 2.75) is 13.3 Å². The fourth-order valence-corrected chi connectivity index (χ4v) is 2.29. The summed E-state index contributed by atoms with van der Waals surface area (Å²) < 4.78 is 0. The van der Waals surface area contributed by atoms with Crippen LogP contribution in [-0.4, -0.2) is 15.0 Å². The van der Waals surface area contributed by atoms with E-state index >= 15 is 0 Å². The molecule has 0 radical (unpaired) electrons. The minimum Gasteiger partial charge on any atom is -0.339 e. The van der Waals surface area contributed by atoms with Crippen molar-refractivity contribution in [1.82, 2.24) is 15.0 Å². The highest BCUT2D eigenvalue weighted by molar-refractivity contribution is 6.30. The van der Waals surface area contributed by atoms with E-state index in [-0.39, 0.29) is 0 Å². The largest absolute Gasteiger partial charge is 0.339 e. The monoisotopic (exact) mass is 310 g/mol. The number of aromatic nitrogens is 3. The van der Waals surface area contributed by atoms with E-state index in [1.165, 1.54) is 5.56 Å². The van der Waals surface area contributed by atoms with Crippen LogP contribution in [0.5, 0.6) is 0 Å². The highest BCUT2D eigenvalue weighted by Gasteiger charge is 2.04. The maximum Gasteiger partial charge on any atom is 0.149 e. The first-order valence-electron chi connectivity index (χ1n) is 7.03. The predicted octanol–water partition coefficient (Wildman–Crippen LogP) is 4.50. The van der Waals surface area contributed by atoms with Crippen LogP contribution in [0.2, 0.25) is 5.02 Å². The van der Waals surface area contributed by atoms with Gasteiger partial charge in [-0.05, 0) is 36.2 Å². The third-order valence-corrected chi connectivity index (χ3v) is 3.47. The Hall–Kier alpha value is -2.46. The molecule has 2 aromatic heterocycles. The minimum atomic E-state index is 0.668. The molecule has 0 aliphatic rings. The van der Waals surface area contributed by atoms with Gasteiger partial charge >= 0.3 is 0 Å². The van der Waals surface area contributed by atoms with Crippen LogP contribution < -0.4 is 5.32 Å². The molecule has 22 heavy (non-hydrogen) atoms. The first-order valence-corrected chi connectivity index (χ1v) is 7.41. The lowest BCUT2D eigenvalue weighted by Crippen LogP contribution is -1.97. The standard InChI is InChI=1S/C17H15ClN4/c1-2-12-6-13(9-19-8-12)16-10-20-11-17(22-16)21-15-5-3-4-14(18)7-15/h3-11H,2H2,1H3,(H,21,22). The molecule has 0 saturated carbocycles. The molecule has 2 heterocycles. The second-order valence-corrected chi connectivity index (χ2v) is 5.30. The normalized spacial score (nSPS) is 10.5. The molecule has 0 unspecified atom stereocenters. The van der Waals surface area contributed by atoms with Gasteiger partial charge in [-0.25, -0.2) is 4.98 Å². The third-order valence-electron chi connectivity index (χ3n) is 3.23. The van der Waals surface area contributed by atoms with E-state index in [0.717, 1.165) is 23.4 Å². The average Bonchev–Trinajstić information content (AvgIpc) is 2.55.